The van der Waals surface area contributed by atoms with Crippen molar-refractivity contribution in [1.82, 2.24) is 0 Å². The van der Waals surface area contributed by atoms with Gasteiger partial charge in [-0.25, -0.2) is 4.39 Å². The number of rotatable bonds is 3. The second-order valence-electron chi connectivity index (χ2n) is 1.67. The number of halogens is 1. The molecule has 0 N–H and O–H groups in total. The van der Waals surface area contributed by atoms with Crippen LogP contribution in [0.4, 0.5) is 4.39 Å². The first-order chi connectivity index (χ1) is 4.72. The molecule has 0 heterocycles. The molecule has 10 heavy (non-hydrogen) atoms. The lowest BCUT2D eigenvalue weighted by atomic mass is 10.4. The average Bonchev–Trinajstić information content (AvgIpc) is 1.89. The summed E-state index contributed by atoms with van der Waals surface area (Å²) in [5.74, 6) is -0.370. The number of hydrogen-bond acceptors (Lipinski definition) is 1. The topological polar surface area (TPSA) is 0 Å². The molecule has 0 unspecified atom stereocenters. The van der Waals surface area contributed by atoms with Crippen LogP contribution in [0.5, 0.6) is 0 Å². The normalized spacial score (nSPS) is 12.5. The molecule has 0 atom stereocenters. The van der Waals surface area contributed by atoms with Gasteiger partial charge in [0.2, 0.25) is 0 Å². The van der Waals surface area contributed by atoms with Gasteiger partial charge in [0, 0.05) is 4.91 Å². The van der Waals surface area contributed by atoms with Crippen molar-refractivity contribution in [2.45, 2.75) is 6.92 Å². The smallest absolute Gasteiger partial charge is 0.129 e. The van der Waals surface area contributed by atoms with Crippen molar-refractivity contribution in [3.63, 3.8) is 0 Å². The molecule has 0 spiro atoms. The van der Waals surface area contributed by atoms with E-state index in [0.717, 1.165) is 0 Å². The summed E-state index contributed by atoms with van der Waals surface area (Å²) in [5, 5.41) is 0. The second kappa shape index (κ2) is 5.30. The summed E-state index contributed by atoms with van der Waals surface area (Å²) in [5.41, 5.74) is 0. The van der Waals surface area contributed by atoms with E-state index in [0.29, 0.717) is 4.91 Å². The Morgan fingerprint density at radius 2 is 2.20 bits per heavy atom. The van der Waals surface area contributed by atoms with Crippen molar-refractivity contribution in [1.29, 1.82) is 0 Å². The molecular weight excluding hydrogens is 147 g/mol. The predicted molar refractivity (Wildman–Crippen MR) is 46.7 cm³/mol. The molecule has 0 nitrogen and oxygen atoms in total. The largest absolute Gasteiger partial charge is 0.206 e. The Morgan fingerprint density at radius 3 is 2.50 bits per heavy atom. The lowest BCUT2D eigenvalue weighted by molar-refractivity contribution is 0.668. The van der Waals surface area contributed by atoms with E-state index in [1.807, 2.05) is 19.3 Å². The van der Waals surface area contributed by atoms with Crippen molar-refractivity contribution >= 4 is 11.8 Å². The van der Waals surface area contributed by atoms with E-state index in [1.54, 1.807) is 12.2 Å². The Hall–Kier alpha value is -0.500. The Morgan fingerprint density at radius 1 is 1.60 bits per heavy atom. The van der Waals surface area contributed by atoms with E-state index in [2.05, 4.69) is 6.58 Å². The van der Waals surface area contributed by atoms with Gasteiger partial charge in [0.1, 0.15) is 5.83 Å². The number of hydrogen-bond donors (Lipinski definition) is 0. The fourth-order valence-corrected chi connectivity index (χ4v) is 0.889. The van der Waals surface area contributed by atoms with Gasteiger partial charge in [-0.2, -0.15) is 0 Å². The number of allylic oxidation sites excluding steroid dienone is 4. The molecule has 0 amide bonds. The van der Waals surface area contributed by atoms with E-state index >= 15 is 0 Å². The van der Waals surface area contributed by atoms with E-state index in [9.17, 15) is 4.39 Å². The van der Waals surface area contributed by atoms with Gasteiger partial charge >= 0.3 is 0 Å². The lowest BCUT2D eigenvalue weighted by Gasteiger charge is -1.94. The number of thioether (sulfide) groups is 1. The Bertz CT molecular complexity index is 168. The summed E-state index contributed by atoms with van der Waals surface area (Å²) >= 11 is 1.35. The van der Waals surface area contributed by atoms with Gasteiger partial charge in [0.25, 0.3) is 0 Å². The van der Waals surface area contributed by atoms with Crippen LogP contribution in [0.2, 0.25) is 0 Å². The molecule has 0 rings (SSSR count). The summed E-state index contributed by atoms with van der Waals surface area (Å²) in [6.45, 7) is 5.07. The molecule has 0 aromatic rings. The Labute approximate surface area is 65.5 Å². The van der Waals surface area contributed by atoms with Crippen LogP contribution >= 0.6 is 11.8 Å². The van der Waals surface area contributed by atoms with E-state index in [4.69, 9.17) is 0 Å². The zero-order valence-corrected chi connectivity index (χ0v) is 7.04. The lowest BCUT2D eigenvalue weighted by Crippen LogP contribution is -1.72. The van der Waals surface area contributed by atoms with Crippen molar-refractivity contribution in [2.75, 3.05) is 6.26 Å². The highest BCUT2D eigenvalue weighted by Crippen LogP contribution is 2.20. The summed E-state index contributed by atoms with van der Waals surface area (Å²) in [4.78, 5) is 0.582. The molecule has 0 saturated heterocycles. The monoisotopic (exact) mass is 158 g/mol. The standard InChI is InChI=1S/C8H11FS/c1-4-5-6-8(10-3)7(2)9/h4-6H,2H2,1,3H3/b5-4-,8-6+. The van der Waals surface area contributed by atoms with Crippen molar-refractivity contribution in [3.8, 4) is 0 Å². The summed E-state index contributed by atoms with van der Waals surface area (Å²) in [7, 11) is 0. The summed E-state index contributed by atoms with van der Waals surface area (Å²) in [6.07, 6.45) is 7.16. The zero-order chi connectivity index (χ0) is 7.98. The third kappa shape index (κ3) is 3.51. The van der Waals surface area contributed by atoms with Crippen molar-refractivity contribution in [2.24, 2.45) is 0 Å². The Kier molecular flexibility index (Phi) is 5.03. The van der Waals surface area contributed by atoms with Crippen LogP contribution in [-0.4, -0.2) is 6.26 Å². The van der Waals surface area contributed by atoms with Crippen molar-refractivity contribution < 1.29 is 4.39 Å². The van der Waals surface area contributed by atoms with Gasteiger partial charge in [-0.3, -0.25) is 0 Å². The van der Waals surface area contributed by atoms with Crippen LogP contribution in [0.15, 0.2) is 35.5 Å². The molecule has 0 aromatic carbocycles. The predicted octanol–water partition coefficient (Wildman–Crippen LogP) is 3.29. The molecule has 2 heteroatoms. The summed E-state index contributed by atoms with van der Waals surface area (Å²) < 4.78 is 12.4. The van der Waals surface area contributed by atoms with Gasteiger partial charge in [-0.05, 0) is 19.3 Å². The highest BCUT2D eigenvalue weighted by Gasteiger charge is 1.95. The fourth-order valence-electron chi connectivity index (χ4n) is 0.453. The maximum Gasteiger partial charge on any atom is 0.129 e. The first-order valence-corrected chi connectivity index (χ1v) is 4.16. The second-order valence-corrected chi connectivity index (χ2v) is 2.51. The Balaban J connectivity index is 4.18. The maximum atomic E-state index is 12.4. The van der Waals surface area contributed by atoms with Crippen LogP contribution in [0, 0.1) is 0 Å². The zero-order valence-electron chi connectivity index (χ0n) is 6.23. The molecule has 56 valence electrons. The third-order valence-electron chi connectivity index (χ3n) is 0.927. The first kappa shape index (κ1) is 9.50. The van der Waals surface area contributed by atoms with E-state index in [-0.39, 0.29) is 5.83 Å². The molecule has 0 fully saturated rings. The quantitative estimate of drug-likeness (QED) is 0.568. The fraction of sp³-hybridized carbons (Fsp3) is 0.250. The van der Waals surface area contributed by atoms with Gasteiger partial charge in [-0.15, -0.1) is 11.8 Å². The van der Waals surface area contributed by atoms with Crippen molar-refractivity contribution in [3.05, 3.63) is 35.5 Å². The van der Waals surface area contributed by atoms with E-state index < -0.39 is 0 Å². The molecule has 0 aliphatic carbocycles. The van der Waals surface area contributed by atoms with Crippen LogP contribution in [0.25, 0.3) is 0 Å². The minimum absolute atomic E-state index is 0.370. The molecule has 0 aromatic heterocycles. The average molecular weight is 158 g/mol. The molecule has 0 radical (unpaired) electrons. The van der Waals surface area contributed by atoms with E-state index in [1.165, 1.54) is 11.8 Å². The first-order valence-electron chi connectivity index (χ1n) is 2.94. The minimum Gasteiger partial charge on any atom is -0.206 e. The van der Waals surface area contributed by atoms with Gasteiger partial charge in [0.05, 0.1) is 0 Å². The molecule has 0 saturated carbocycles. The third-order valence-corrected chi connectivity index (χ3v) is 1.72. The molecule has 0 aliphatic heterocycles. The highest BCUT2D eigenvalue weighted by molar-refractivity contribution is 8.02. The van der Waals surface area contributed by atoms with Crippen LogP contribution < -0.4 is 0 Å². The minimum atomic E-state index is -0.370. The van der Waals surface area contributed by atoms with Crippen LogP contribution in [0.3, 0.4) is 0 Å². The molecule has 0 aliphatic rings. The van der Waals surface area contributed by atoms with Crippen LogP contribution in [0.1, 0.15) is 6.92 Å². The van der Waals surface area contributed by atoms with Gasteiger partial charge in [-0.1, -0.05) is 18.7 Å². The van der Waals surface area contributed by atoms with Gasteiger partial charge in [0.15, 0.2) is 0 Å². The van der Waals surface area contributed by atoms with Crippen LogP contribution in [-0.2, 0) is 0 Å². The molecule has 0 bridgehead atoms. The summed E-state index contributed by atoms with van der Waals surface area (Å²) in [6, 6.07) is 0. The maximum absolute atomic E-state index is 12.4. The molecular formula is C8H11FS. The SMILES string of the molecule is C=C(F)/C(=C\C=C/C)SC. The highest BCUT2D eigenvalue weighted by atomic mass is 32.2. The van der Waals surface area contributed by atoms with Gasteiger partial charge < -0.3 is 0 Å².